The summed E-state index contributed by atoms with van der Waals surface area (Å²) < 4.78 is 17.1. The predicted octanol–water partition coefficient (Wildman–Crippen LogP) is 1.45. The first-order chi connectivity index (χ1) is 17.9. The summed E-state index contributed by atoms with van der Waals surface area (Å²) in [4.78, 5) is 39.6. The van der Waals surface area contributed by atoms with E-state index in [1.54, 1.807) is 6.92 Å². The summed E-state index contributed by atoms with van der Waals surface area (Å²) in [6.45, 7) is 2.79. The number of carbonyl (C=O) groups is 3. The molecule has 1 heterocycles. The predicted molar refractivity (Wildman–Crippen MR) is 138 cm³/mol. The molecular weight excluding hydrogens is 534 g/mol. The van der Waals surface area contributed by atoms with Crippen molar-refractivity contribution in [3.63, 3.8) is 0 Å². The zero-order chi connectivity index (χ0) is 27.7. The minimum atomic E-state index is -2.00. The third-order valence-electron chi connectivity index (χ3n) is 7.80. The van der Waals surface area contributed by atoms with Gasteiger partial charge < -0.3 is 40.4 Å². The Morgan fingerprint density at radius 3 is 2.41 bits per heavy atom. The minimum absolute atomic E-state index is 0. The lowest BCUT2D eigenvalue weighted by Gasteiger charge is -2.42. The molecule has 3 aliphatic rings. The van der Waals surface area contributed by atoms with E-state index in [4.69, 9.17) is 19.9 Å². The Morgan fingerprint density at radius 1 is 1.13 bits per heavy atom. The Hall–Kier alpha value is -3.06. The van der Waals surface area contributed by atoms with Crippen molar-refractivity contribution >= 4 is 29.8 Å². The van der Waals surface area contributed by atoms with Crippen LogP contribution in [-0.2, 0) is 20.7 Å². The van der Waals surface area contributed by atoms with Gasteiger partial charge in [0, 0.05) is 42.0 Å². The van der Waals surface area contributed by atoms with Gasteiger partial charge in [-0.2, -0.15) is 0 Å². The Bertz CT molecular complexity index is 1370. The van der Waals surface area contributed by atoms with Gasteiger partial charge in [-0.05, 0) is 19.9 Å². The largest absolute Gasteiger partial charge is 0.507 e. The molecule has 2 aromatic carbocycles. The summed E-state index contributed by atoms with van der Waals surface area (Å²) in [5.41, 5.74) is 2.97. The molecule has 39 heavy (non-hydrogen) atoms. The average molecular weight is 564 g/mol. The first kappa shape index (κ1) is 28.9. The van der Waals surface area contributed by atoms with Crippen LogP contribution in [0.15, 0.2) is 18.2 Å². The highest BCUT2D eigenvalue weighted by Gasteiger charge is 2.49. The molecule has 0 radical (unpaired) electrons. The summed E-state index contributed by atoms with van der Waals surface area (Å²) >= 11 is 0. The second-order valence-electron chi connectivity index (χ2n) is 10.1. The number of ketones is 3. The summed E-state index contributed by atoms with van der Waals surface area (Å²) in [6.07, 6.45) is -4.53. The van der Waals surface area contributed by atoms with Gasteiger partial charge in [0.15, 0.2) is 17.9 Å². The van der Waals surface area contributed by atoms with Gasteiger partial charge in [-0.15, -0.1) is 12.4 Å². The van der Waals surface area contributed by atoms with E-state index >= 15 is 0 Å². The number of aromatic hydroxyl groups is 2. The SMILES string of the molecule is COc1cccc2c1C(=O)c1c(O)c3c(c(O)c1C2=O)CC(O)(C(C)=O)CC3OC1C[C@H](N)[C@H](O)[C@H](C)O1.Cl. The lowest BCUT2D eigenvalue weighted by Crippen LogP contribution is -2.52. The summed E-state index contributed by atoms with van der Waals surface area (Å²) in [7, 11) is 1.34. The number of ether oxygens (including phenoxy) is 3. The van der Waals surface area contributed by atoms with Crippen LogP contribution in [-0.4, -0.2) is 75.0 Å². The topological polar surface area (TPSA) is 186 Å². The van der Waals surface area contributed by atoms with Gasteiger partial charge in [-0.25, -0.2) is 0 Å². The maximum atomic E-state index is 13.6. The number of aliphatic hydroxyl groups excluding tert-OH is 1. The maximum Gasteiger partial charge on any atom is 0.202 e. The Kier molecular flexibility index (Phi) is 7.54. The van der Waals surface area contributed by atoms with Gasteiger partial charge in [0.2, 0.25) is 5.78 Å². The van der Waals surface area contributed by atoms with Crippen LogP contribution in [0.5, 0.6) is 17.2 Å². The molecule has 6 atom stereocenters. The lowest BCUT2D eigenvalue weighted by atomic mass is 9.72. The van der Waals surface area contributed by atoms with Crippen molar-refractivity contribution in [1.82, 2.24) is 0 Å². The molecule has 0 spiro atoms. The smallest absolute Gasteiger partial charge is 0.202 e. The van der Waals surface area contributed by atoms with Crippen LogP contribution in [0.1, 0.15) is 75.8 Å². The Balaban J connectivity index is 0.00000353. The molecule has 12 heteroatoms. The molecule has 3 unspecified atom stereocenters. The number of rotatable bonds is 4. The number of fused-ring (bicyclic) bond motifs is 3. The zero-order valence-electron chi connectivity index (χ0n) is 21.5. The van der Waals surface area contributed by atoms with Crippen molar-refractivity contribution in [2.75, 3.05) is 7.11 Å². The highest BCUT2D eigenvalue weighted by Crippen LogP contribution is 2.52. The number of benzene rings is 2. The molecule has 5 rings (SSSR count). The van der Waals surface area contributed by atoms with E-state index in [9.17, 15) is 34.8 Å². The fourth-order valence-electron chi connectivity index (χ4n) is 5.66. The van der Waals surface area contributed by atoms with Gasteiger partial charge >= 0.3 is 0 Å². The number of phenolic OH excluding ortho intramolecular Hbond substituents is 2. The van der Waals surface area contributed by atoms with E-state index in [0.29, 0.717) is 0 Å². The highest BCUT2D eigenvalue weighted by atomic mass is 35.5. The highest BCUT2D eigenvalue weighted by molar-refractivity contribution is 6.31. The van der Waals surface area contributed by atoms with E-state index in [-0.39, 0.29) is 53.3 Å². The number of methoxy groups -OCH3 is 1. The van der Waals surface area contributed by atoms with Crippen LogP contribution in [0.2, 0.25) is 0 Å². The van der Waals surface area contributed by atoms with Crippen LogP contribution in [0.4, 0.5) is 0 Å². The number of aliphatic hydroxyl groups is 2. The summed E-state index contributed by atoms with van der Waals surface area (Å²) in [6, 6.07) is 3.75. The first-order valence-corrected chi connectivity index (χ1v) is 12.2. The molecule has 1 saturated heterocycles. The number of hydrogen-bond donors (Lipinski definition) is 5. The van der Waals surface area contributed by atoms with Crippen molar-refractivity contribution in [3.05, 3.63) is 51.6 Å². The van der Waals surface area contributed by atoms with Crippen LogP contribution in [0, 0.1) is 0 Å². The lowest BCUT2D eigenvalue weighted by molar-refractivity contribution is -0.247. The molecule has 0 aromatic heterocycles. The maximum absolute atomic E-state index is 13.6. The molecule has 2 aliphatic carbocycles. The standard InChI is InChI=1S/C27H29NO10.ClH/c1-10-22(30)14(28)7-17(37-10)38-16-9-27(35,11(2)29)8-13-19(16)26(34)21-20(24(13)32)23(31)12-5-4-6-15(36-3)18(12)25(21)33;/h4-6,10,14,16-17,22,30,32,34-35H,7-9,28H2,1-3H3;1H/t10-,14-,16?,17?,22+,27?;/m0./s1. The zero-order valence-corrected chi connectivity index (χ0v) is 22.3. The average Bonchev–Trinajstić information content (AvgIpc) is 2.87. The quantitative estimate of drug-likeness (QED) is 0.289. The van der Waals surface area contributed by atoms with Crippen molar-refractivity contribution in [3.8, 4) is 17.2 Å². The first-order valence-electron chi connectivity index (χ1n) is 12.2. The number of Topliss-reactive ketones (excluding diaryl/α,β-unsaturated/α-hetero) is 1. The monoisotopic (exact) mass is 563 g/mol. The van der Waals surface area contributed by atoms with Gasteiger partial charge in [0.1, 0.15) is 22.8 Å². The van der Waals surface area contributed by atoms with Crippen molar-refractivity contribution in [1.29, 1.82) is 0 Å². The van der Waals surface area contributed by atoms with Crippen LogP contribution in [0.3, 0.4) is 0 Å². The second-order valence-corrected chi connectivity index (χ2v) is 10.1. The van der Waals surface area contributed by atoms with Gasteiger partial charge in [0.25, 0.3) is 0 Å². The molecule has 210 valence electrons. The molecule has 0 saturated carbocycles. The number of hydrogen-bond acceptors (Lipinski definition) is 11. The molecule has 11 nitrogen and oxygen atoms in total. The fourth-order valence-corrected chi connectivity index (χ4v) is 5.66. The number of phenols is 2. The molecule has 1 fully saturated rings. The second kappa shape index (κ2) is 10.2. The molecular formula is C27H30ClNO10. The number of carbonyl (C=O) groups excluding carboxylic acids is 3. The Morgan fingerprint density at radius 2 is 1.79 bits per heavy atom. The summed E-state index contributed by atoms with van der Waals surface area (Å²) in [5, 5.41) is 44.1. The van der Waals surface area contributed by atoms with Crippen molar-refractivity contribution in [2.24, 2.45) is 5.73 Å². The fraction of sp³-hybridized carbons (Fsp3) is 0.444. The molecule has 2 aromatic rings. The van der Waals surface area contributed by atoms with Gasteiger partial charge in [-0.1, -0.05) is 12.1 Å². The third kappa shape index (κ3) is 4.39. The van der Waals surface area contributed by atoms with Crippen LogP contribution >= 0.6 is 12.4 Å². The molecule has 6 N–H and O–H groups in total. The van der Waals surface area contributed by atoms with E-state index in [1.807, 2.05) is 0 Å². The van der Waals surface area contributed by atoms with E-state index in [0.717, 1.165) is 0 Å². The van der Waals surface area contributed by atoms with Crippen molar-refractivity contribution < 1.29 is 49.0 Å². The summed E-state index contributed by atoms with van der Waals surface area (Å²) in [5.74, 6) is -3.18. The Labute approximate surface area is 229 Å². The molecule has 0 bridgehead atoms. The van der Waals surface area contributed by atoms with E-state index in [1.165, 1.54) is 32.2 Å². The van der Waals surface area contributed by atoms with Gasteiger partial charge in [-0.3, -0.25) is 14.4 Å². The van der Waals surface area contributed by atoms with Crippen molar-refractivity contribution in [2.45, 2.75) is 69.4 Å². The molecule has 1 aliphatic heterocycles. The number of halogens is 1. The number of nitrogens with two attached hydrogens (primary N) is 1. The third-order valence-corrected chi connectivity index (χ3v) is 7.80. The normalized spacial score (nSPS) is 29.5. The minimum Gasteiger partial charge on any atom is -0.507 e. The van der Waals surface area contributed by atoms with E-state index in [2.05, 4.69) is 0 Å². The van der Waals surface area contributed by atoms with E-state index < -0.39 is 82.6 Å². The molecule has 0 amide bonds. The van der Waals surface area contributed by atoms with Crippen LogP contribution in [0.25, 0.3) is 0 Å². The van der Waals surface area contributed by atoms with Crippen LogP contribution < -0.4 is 10.5 Å². The van der Waals surface area contributed by atoms with Gasteiger partial charge in [0.05, 0.1) is 42.1 Å².